The zero-order valence-corrected chi connectivity index (χ0v) is 16.4. The minimum Gasteiger partial charge on any atom is -0.353 e. The number of aromatic nitrogens is 2. The summed E-state index contributed by atoms with van der Waals surface area (Å²) in [6.07, 6.45) is 1.79. The zero-order valence-electron chi connectivity index (χ0n) is 16.4. The number of likely N-dealkylation sites (N-methyl/N-ethyl adjacent to an activating group) is 1. The molecule has 0 atom stereocenters. The lowest BCUT2D eigenvalue weighted by atomic mass is 10.1. The summed E-state index contributed by atoms with van der Waals surface area (Å²) in [6, 6.07) is 0. The van der Waals surface area contributed by atoms with E-state index in [9.17, 15) is 4.79 Å². The Morgan fingerprint density at radius 3 is 2.40 bits per heavy atom. The lowest BCUT2D eigenvalue weighted by Gasteiger charge is -2.15. The maximum atomic E-state index is 11.8. The van der Waals surface area contributed by atoms with Gasteiger partial charge in [-0.05, 0) is 19.8 Å². The van der Waals surface area contributed by atoms with E-state index in [0.717, 1.165) is 24.1 Å². The van der Waals surface area contributed by atoms with Crippen molar-refractivity contribution < 1.29 is 4.79 Å². The van der Waals surface area contributed by atoms with Crippen molar-refractivity contribution in [3.63, 3.8) is 0 Å². The highest BCUT2D eigenvalue weighted by Crippen LogP contribution is 2.16. The fourth-order valence-electron chi connectivity index (χ4n) is 2.46. The molecule has 1 amide bonds. The number of nitrogens with zero attached hydrogens (tertiary/aromatic N) is 4. The Hall–Kier alpha value is -2.31. The first-order valence-corrected chi connectivity index (χ1v) is 8.70. The van der Waals surface area contributed by atoms with Gasteiger partial charge >= 0.3 is 0 Å². The van der Waals surface area contributed by atoms with Crippen LogP contribution in [-0.4, -0.2) is 53.7 Å². The lowest BCUT2D eigenvalue weighted by molar-refractivity contribution is -0.127. The van der Waals surface area contributed by atoms with Crippen molar-refractivity contribution in [3.8, 4) is 0 Å². The van der Waals surface area contributed by atoms with Crippen molar-refractivity contribution in [1.82, 2.24) is 25.3 Å². The van der Waals surface area contributed by atoms with Gasteiger partial charge in [0, 0.05) is 38.9 Å². The molecule has 0 aromatic carbocycles. The van der Waals surface area contributed by atoms with E-state index >= 15 is 0 Å². The zero-order chi connectivity index (χ0) is 19.0. The number of guanidine groups is 1. The van der Waals surface area contributed by atoms with E-state index in [2.05, 4.69) is 41.2 Å². The average Bonchev–Trinajstić information content (AvgIpc) is 2.88. The van der Waals surface area contributed by atoms with Crippen molar-refractivity contribution in [1.29, 1.82) is 0 Å². The molecule has 0 unspecified atom stereocenters. The van der Waals surface area contributed by atoms with Crippen LogP contribution < -0.4 is 10.6 Å². The molecule has 1 heterocycles. The highest BCUT2D eigenvalue weighted by molar-refractivity contribution is 5.86. The number of carbonyl (C=O) groups is 1. The Morgan fingerprint density at radius 1 is 1.24 bits per heavy atom. The molecule has 140 valence electrons. The predicted molar refractivity (Wildman–Crippen MR) is 103 cm³/mol. The number of rotatable bonds is 8. The summed E-state index contributed by atoms with van der Waals surface area (Å²) in [7, 11) is 5.44. The first-order valence-electron chi connectivity index (χ1n) is 8.70. The number of carbonyl (C=O) groups excluding carboxylic acids is 1. The van der Waals surface area contributed by atoms with Gasteiger partial charge < -0.3 is 15.5 Å². The molecule has 25 heavy (non-hydrogen) atoms. The van der Waals surface area contributed by atoms with E-state index in [-0.39, 0.29) is 12.5 Å². The summed E-state index contributed by atoms with van der Waals surface area (Å²) >= 11 is 0. The van der Waals surface area contributed by atoms with Gasteiger partial charge in [0.15, 0.2) is 5.96 Å². The van der Waals surface area contributed by atoms with Crippen LogP contribution in [0.15, 0.2) is 17.1 Å². The van der Waals surface area contributed by atoms with E-state index in [1.165, 1.54) is 11.3 Å². The van der Waals surface area contributed by atoms with E-state index in [1.807, 2.05) is 18.7 Å². The van der Waals surface area contributed by atoms with Crippen LogP contribution >= 0.6 is 0 Å². The molecule has 1 aromatic rings. The van der Waals surface area contributed by atoms with Gasteiger partial charge in [0.1, 0.15) is 0 Å². The molecule has 0 fully saturated rings. The van der Waals surface area contributed by atoms with Gasteiger partial charge in [0.2, 0.25) is 5.91 Å². The molecule has 0 bridgehead atoms. The second-order valence-corrected chi connectivity index (χ2v) is 6.32. The number of nitrogens with one attached hydrogen (secondary N) is 2. The highest BCUT2D eigenvalue weighted by Gasteiger charge is 2.13. The van der Waals surface area contributed by atoms with E-state index in [4.69, 9.17) is 0 Å². The highest BCUT2D eigenvalue weighted by atomic mass is 16.2. The summed E-state index contributed by atoms with van der Waals surface area (Å²) < 4.78 is 1.94. The van der Waals surface area contributed by atoms with Crippen LogP contribution in [0.25, 0.3) is 0 Å². The Balaban J connectivity index is 2.93. The molecule has 1 rings (SSSR count). The molecule has 7 heteroatoms. The Morgan fingerprint density at radius 2 is 1.88 bits per heavy atom. The monoisotopic (exact) mass is 348 g/mol. The van der Waals surface area contributed by atoms with Crippen molar-refractivity contribution in [2.75, 3.05) is 27.2 Å². The first kappa shape index (κ1) is 20.7. The minimum absolute atomic E-state index is 0.00491. The molecule has 0 aliphatic rings. The van der Waals surface area contributed by atoms with Crippen LogP contribution in [-0.2, 0) is 31.2 Å². The van der Waals surface area contributed by atoms with Gasteiger partial charge in [0.05, 0.1) is 18.8 Å². The summed E-state index contributed by atoms with van der Waals surface area (Å²) in [5.41, 5.74) is 4.44. The van der Waals surface area contributed by atoms with E-state index in [0.29, 0.717) is 19.0 Å². The largest absolute Gasteiger partial charge is 0.353 e. The van der Waals surface area contributed by atoms with Gasteiger partial charge in [-0.3, -0.25) is 9.48 Å². The number of aryl methyl sites for hydroxylation is 2. The Kier molecular flexibility index (Phi) is 8.18. The molecule has 0 aliphatic carbocycles. The summed E-state index contributed by atoms with van der Waals surface area (Å²) in [4.78, 5) is 18.0. The SMILES string of the molecule is C=C(C)CNC(=NCc1c(CC)nn(C)c1CC)NCC(=O)N(C)C. The summed E-state index contributed by atoms with van der Waals surface area (Å²) in [5.74, 6) is 0.598. The maximum Gasteiger partial charge on any atom is 0.241 e. The van der Waals surface area contributed by atoms with Crippen LogP contribution in [0, 0.1) is 0 Å². The molecular formula is C18H32N6O. The maximum absolute atomic E-state index is 11.8. The van der Waals surface area contributed by atoms with Crippen LogP contribution in [0.3, 0.4) is 0 Å². The molecule has 2 N–H and O–H groups in total. The van der Waals surface area contributed by atoms with Gasteiger partial charge in [-0.1, -0.05) is 26.0 Å². The molecule has 0 aliphatic heterocycles. The molecule has 0 saturated heterocycles. The third kappa shape index (κ3) is 6.25. The van der Waals surface area contributed by atoms with Crippen molar-refractivity contribution in [3.05, 3.63) is 29.1 Å². The second kappa shape index (κ2) is 9.86. The third-order valence-electron chi connectivity index (χ3n) is 3.89. The smallest absolute Gasteiger partial charge is 0.241 e. The van der Waals surface area contributed by atoms with Crippen LogP contribution in [0.4, 0.5) is 0 Å². The average molecular weight is 348 g/mol. The van der Waals surface area contributed by atoms with Gasteiger partial charge in [-0.2, -0.15) is 5.10 Å². The first-order chi connectivity index (χ1) is 11.8. The van der Waals surface area contributed by atoms with Crippen molar-refractivity contribution >= 4 is 11.9 Å². The topological polar surface area (TPSA) is 74.5 Å². The molecule has 0 saturated carbocycles. The molecule has 7 nitrogen and oxygen atoms in total. The van der Waals surface area contributed by atoms with Crippen molar-refractivity contribution in [2.45, 2.75) is 40.2 Å². The third-order valence-corrected chi connectivity index (χ3v) is 3.89. The number of amides is 1. The van der Waals surface area contributed by atoms with Crippen LogP contribution in [0.1, 0.15) is 37.7 Å². The van der Waals surface area contributed by atoms with Gasteiger partial charge in [-0.15, -0.1) is 0 Å². The van der Waals surface area contributed by atoms with Gasteiger partial charge in [-0.25, -0.2) is 4.99 Å². The lowest BCUT2D eigenvalue weighted by Crippen LogP contribution is -2.43. The number of aliphatic imine (C=N–C) groups is 1. The molecule has 1 aromatic heterocycles. The molecule has 0 radical (unpaired) electrons. The predicted octanol–water partition coefficient (Wildman–Crippen LogP) is 1.24. The van der Waals surface area contributed by atoms with Crippen LogP contribution in [0.5, 0.6) is 0 Å². The molecular weight excluding hydrogens is 316 g/mol. The van der Waals surface area contributed by atoms with E-state index < -0.39 is 0 Å². The number of hydrogen-bond acceptors (Lipinski definition) is 3. The normalized spacial score (nSPS) is 11.4. The minimum atomic E-state index is -0.00491. The van der Waals surface area contributed by atoms with Gasteiger partial charge in [0.25, 0.3) is 0 Å². The second-order valence-electron chi connectivity index (χ2n) is 6.32. The standard InChI is InChI=1S/C18H32N6O/c1-8-15-14(16(9-2)24(7)22-15)11-20-18(19-10-13(3)4)21-12-17(25)23(5)6/h3,8-12H2,1-2,4-7H3,(H2,19,20,21). The summed E-state index contributed by atoms with van der Waals surface area (Å²) in [5, 5.41) is 10.9. The van der Waals surface area contributed by atoms with E-state index in [1.54, 1.807) is 19.0 Å². The quantitative estimate of drug-likeness (QED) is 0.421. The Bertz CT molecular complexity index is 630. The molecule has 0 spiro atoms. The van der Waals surface area contributed by atoms with Crippen LogP contribution in [0.2, 0.25) is 0 Å². The fraction of sp³-hybridized carbons (Fsp3) is 0.611. The summed E-state index contributed by atoms with van der Waals surface area (Å²) in [6.45, 7) is 11.4. The number of hydrogen-bond donors (Lipinski definition) is 2. The Labute approximate surface area is 151 Å². The fourth-order valence-corrected chi connectivity index (χ4v) is 2.46. The van der Waals surface area contributed by atoms with Crippen molar-refractivity contribution in [2.24, 2.45) is 12.0 Å².